The van der Waals surface area contributed by atoms with Gasteiger partial charge in [0.15, 0.2) is 0 Å². The van der Waals surface area contributed by atoms with Crippen LogP contribution < -0.4 is 0 Å². The summed E-state index contributed by atoms with van der Waals surface area (Å²) in [6.07, 6.45) is 16.9. The molecule has 0 spiro atoms. The van der Waals surface area contributed by atoms with E-state index in [0.29, 0.717) is 0 Å². The number of rotatable bonds is 18. The fourth-order valence-electron chi connectivity index (χ4n) is 3.76. The molecule has 0 aliphatic heterocycles. The highest BCUT2D eigenvalue weighted by atomic mass is 32.2. The Morgan fingerprint density at radius 3 is 1.58 bits per heavy atom. The normalized spacial score (nSPS) is 13.9. The first-order valence-corrected chi connectivity index (χ1v) is 12.5. The van der Waals surface area contributed by atoms with Gasteiger partial charge < -0.3 is 9.04 Å². The predicted molar refractivity (Wildman–Crippen MR) is 111 cm³/mol. The van der Waals surface area contributed by atoms with Gasteiger partial charge in [-0.25, -0.2) is 8.42 Å². The van der Waals surface area contributed by atoms with Gasteiger partial charge in [-0.2, -0.15) is 0 Å². The molecule has 1 unspecified atom stereocenters. The minimum absolute atomic E-state index is 0.0233. The summed E-state index contributed by atoms with van der Waals surface area (Å²) in [5.41, 5.74) is 0. The maximum absolute atomic E-state index is 11.0. The zero-order chi connectivity index (χ0) is 19.9. The highest BCUT2D eigenvalue weighted by Gasteiger charge is 2.22. The zero-order valence-electron chi connectivity index (χ0n) is 18.0. The largest absolute Gasteiger partial charge is 0.748 e. The Morgan fingerprint density at radius 2 is 1.19 bits per heavy atom. The summed E-state index contributed by atoms with van der Waals surface area (Å²) in [4.78, 5) is 0. The van der Waals surface area contributed by atoms with Crippen molar-refractivity contribution in [2.45, 2.75) is 97.3 Å². The SMILES string of the molecule is CCCCCCCCCCCCCC[N+](C)(C)CC(CC)CS(=O)(=O)[O-]. The van der Waals surface area contributed by atoms with Gasteiger partial charge in [-0.1, -0.05) is 78.1 Å². The van der Waals surface area contributed by atoms with E-state index in [1.807, 2.05) is 6.92 Å². The maximum atomic E-state index is 11.0. The summed E-state index contributed by atoms with van der Waals surface area (Å²) < 4.78 is 33.8. The van der Waals surface area contributed by atoms with Crippen molar-refractivity contribution >= 4 is 10.1 Å². The topological polar surface area (TPSA) is 57.2 Å². The molecule has 0 saturated carbocycles. The van der Waals surface area contributed by atoms with Crippen LogP contribution in [0, 0.1) is 5.92 Å². The molecule has 0 aromatic carbocycles. The Bertz CT molecular complexity index is 421. The fourth-order valence-corrected chi connectivity index (χ4v) is 4.68. The molecule has 5 heteroatoms. The average molecular weight is 392 g/mol. The Balaban J connectivity index is 3.66. The molecule has 0 N–H and O–H groups in total. The van der Waals surface area contributed by atoms with Crippen LogP contribution in [0.25, 0.3) is 0 Å². The van der Waals surface area contributed by atoms with Gasteiger partial charge in [-0.15, -0.1) is 0 Å². The molecular formula is C21H45NO3S. The van der Waals surface area contributed by atoms with Gasteiger partial charge in [0.1, 0.15) is 0 Å². The molecule has 4 nitrogen and oxygen atoms in total. The van der Waals surface area contributed by atoms with E-state index in [0.717, 1.165) is 24.0 Å². The fraction of sp³-hybridized carbons (Fsp3) is 1.00. The van der Waals surface area contributed by atoms with Crippen LogP contribution in [0.3, 0.4) is 0 Å². The standard InChI is InChI=1S/C21H45NO3S/c1-5-7-8-9-10-11-12-13-14-15-16-17-18-22(3,4)19-21(6-2)20-26(23,24)25/h21H,5-20H2,1-4H3. The summed E-state index contributed by atoms with van der Waals surface area (Å²) in [6, 6.07) is 0. The van der Waals surface area contributed by atoms with E-state index >= 15 is 0 Å². The number of hydrogen-bond donors (Lipinski definition) is 0. The van der Waals surface area contributed by atoms with Gasteiger partial charge in [-0.05, 0) is 19.3 Å². The molecular weight excluding hydrogens is 346 g/mol. The highest BCUT2D eigenvalue weighted by molar-refractivity contribution is 7.85. The monoisotopic (exact) mass is 391 g/mol. The third-order valence-corrected chi connectivity index (χ3v) is 6.27. The first-order chi connectivity index (χ1) is 12.2. The van der Waals surface area contributed by atoms with E-state index in [4.69, 9.17) is 0 Å². The second-order valence-corrected chi connectivity index (χ2v) is 10.2. The molecule has 0 aliphatic rings. The Labute approximate surface area is 164 Å². The van der Waals surface area contributed by atoms with Crippen molar-refractivity contribution in [2.75, 3.05) is 32.9 Å². The molecule has 158 valence electrons. The smallest absolute Gasteiger partial charge is 0.0950 e. The molecule has 0 fully saturated rings. The molecule has 0 aromatic rings. The Morgan fingerprint density at radius 1 is 0.769 bits per heavy atom. The molecule has 0 aromatic heterocycles. The number of unbranched alkanes of at least 4 members (excludes halogenated alkanes) is 11. The van der Waals surface area contributed by atoms with Crippen LogP contribution in [-0.2, 0) is 10.1 Å². The van der Waals surface area contributed by atoms with Crippen molar-refractivity contribution in [3.05, 3.63) is 0 Å². The van der Waals surface area contributed by atoms with E-state index < -0.39 is 10.1 Å². The van der Waals surface area contributed by atoms with Gasteiger partial charge in [-0.3, -0.25) is 0 Å². The maximum Gasteiger partial charge on any atom is 0.0950 e. The van der Waals surface area contributed by atoms with Crippen LogP contribution in [0.5, 0.6) is 0 Å². The molecule has 0 bridgehead atoms. The van der Waals surface area contributed by atoms with Crippen molar-refractivity contribution in [3.63, 3.8) is 0 Å². The van der Waals surface area contributed by atoms with Crippen molar-refractivity contribution in [1.29, 1.82) is 0 Å². The lowest BCUT2D eigenvalue weighted by molar-refractivity contribution is -0.893. The molecule has 0 radical (unpaired) electrons. The first-order valence-electron chi connectivity index (χ1n) is 11.0. The molecule has 0 amide bonds. The molecule has 0 heterocycles. The van der Waals surface area contributed by atoms with E-state index in [9.17, 15) is 13.0 Å². The lowest BCUT2D eigenvalue weighted by Crippen LogP contribution is -2.45. The van der Waals surface area contributed by atoms with Crippen molar-refractivity contribution in [1.82, 2.24) is 0 Å². The lowest BCUT2D eigenvalue weighted by atomic mass is 10.0. The molecule has 0 saturated heterocycles. The molecule has 0 aliphatic carbocycles. The van der Waals surface area contributed by atoms with Crippen LogP contribution in [0.4, 0.5) is 0 Å². The van der Waals surface area contributed by atoms with Crippen molar-refractivity contribution in [2.24, 2.45) is 5.92 Å². The van der Waals surface area contributed by atoms with E-state index in [-0.39, 0.29) is 11.7 Å². The van der Waals surface area contributed by atoms with Gasteiger partial charge in [0.2, 0.25) is 0 Å². The minimum Gasteiger partial charge on any atom is -0.748 e. The average Bonchev–Trinajstić information content (AvgIpc) is 2.53. The summed E-state index contributed by atoms with van der Waals surface area (Å²) in [6.45, 7) is 6.07. The van der Waals surface area contributed by atoms with Crippen LogP contribution in [-0.4, -0.2) is 50.4 Å². The predicted octanol–water partition coefficient (Wildman–Crippen LogP) is 5.34. The van der Waals surface area contributed by atoms with Crippen molar-refractivity contribution < 1.29 is 17.5 Å². The Kier molecular flexibility index (Phi) is 14.8. The lowest BCUT2D eigenvalue weighted by Gasteiger charge is -2.33. The first kappa shape index (κ1) is 25.9. The summed E-state index contributed by atoms with van der Waals surface area (Å²) >= 11 is 0. The van der Waals surface area contributed by atoms with Crippen LogP contribution in [0.2, 0.25) is 0 Å². The van der Waals surface area contributed by atoms with Gasteiger partial charge >= 0.3 is 0 Å². The number of nitrogens with zero attached hydrogens (tertiary/aromatic N) is 1. The number of hydrogen-bond acceptors (Lipinski definition) is 3. The number of quaternary nitrogens is 1. The molecule has 0 rings (SSSR count). The van der Waals surface area contributed by atoms with Gasteiger partial charge in [0.05, 0.1) is 37.3 Å². The second kappa shape index (κ2) is 14.9. The van der Waals surface area contributed by atoms with Crippen LogP contribution in [0.1, 0.15) is 97.3 Å². The summed E-state index contributed by atoms with van der Waals surface area (Å²) in [5, 5.41) is 0. The van der Waals surface area contributed by atoms with Crippen LogP contribution >= 0.6 is 0 Å². The zero-order valence-corrected chi connectivity index (χ0v) is 18.8. The van der Waals surface area contributed by atoms with E-state index in [1.165, 1.54) is 77.0 Å². The molecule has 26 heavy (non-hydrogen) atoms. The van der Waals surface area contributed by atoms with Gasteiger partial charge in [0, 0.05) is 11.7 Å². The molecule has 1 atom stereocenters. The summed E-state index contributed by atoms with van der Waals surface area (Å²) in [7, 11) is 0.188. The van der Waals surface area contributed by atoms with Crippen molar-refractivity contribution in [3.8, 4) is 0 Å². The minimum atomic E-state index is -4.11. The quantitative estimate of drug-likeness (QED) is 0.180. The van der Waals surface area contributed by atoms with Crippen LogP contribution in [0.15, 0.2) is 0 Å². The third kappa shape index (κ3) is 17.3. The van der Waals surface area contributed by atoms with E-state index in [1.54, 1.807) is 0 Å². The van der Waals surface area contributed by atoms with Gasteiger partial charge in [0.25, 0.3) is 0 Å². The second-order valence-electron chi connectivity index (χ2n) is 8.73. The van der Waals surface area contributed by atoms with E-state index in [2.05, 4.69) is 21.0 Å². The Hall–Kier alpha value is -0.130. The highest BCUT2D eigenvalue weighted by Crippen LogP contribution is 2.15. The summed E-state index contributed by atoms with van der Waals surface area (Å²) in [5.74, 6) is -0.242. The third-order valence-electron chi connectivity index (χ3n) is 5.39.